The first-order valence-corrected chi connectivity index (χ1v) is 4.40. The summed E-state index contributed by atoms with van der Waals surface area (Å²) in [6.07, 6.45) is 4.87. The molecule has 58 valence electrons. The number of hydrogen-bond donors (Lipinski definition) is 0. The van der Waals surface area contributed by atoms with E-state index in [4.69, 9.17) is 4.42 Å². The van der Waals surface area contributed by atoms with Crippen LogP contribution < -0.4 is 0 Å². The lowest BCUT2D eigenvalue weighted by Gasteiger charge is -1.85. The van der Waals surface area contributed by atoms with Crippen LogP contribution in [-0.2, 0) is 0 Å². The number of allylic oxidation sites excluding steroid dienone is 1. The first kappa shape index (κ1) is 8.14. The highest BCUT2D eigenvalue weighted by molar-refractivity contribution is 8.01. The van der Waals surface area contributed by atoms with E-state index >= 15 is 0 Å². The van der Waals surface area contributed by atoms with Crippen LogP contribution in [0.1, 0.15) is 10.6 Å². The van der Waals surface area contributed by atoms with E-state index in [1.807, 2.05) is 6.26 Å². The molecule has 0 radical (unpaired) electrons. The van der Waals surface area contributed by atoms with Crippen LogP contribution in [0.25, 0.3) is 0 Å². The number of carbonyl (C=O) groups is 1. The van der Waals surface area contributed by atoms with Crippen LogP contribution in [0.4, 0.5) is 0 Å². The van der Waals surface area contributed by atoms with Crippen molar-refractivity contribution in [2.75, 3.05) is 6.26 Å². The zero-order valence-corrected chi connectivity index (χ0v) is 6.93. The summed E-state index contributed by atoms with van der Waals surface area (Å²) in [7, 11) is 0. The maximum absolute atomic E-state index is 11.1. The summed E-state index contributed by atoms with van der Waals surface area (Å²) in [5.74, 6) is 0.291. The first-order chi connectivity index (χ1) is 5.34. The van der Waals surface area contributed by atoms with Gasteiger partial charge in [0.15, 0.2) is 5.76 Å². The Labute approximate surface area is 69.3 Å². The number of ketones is 1. The van der Waals surface area contributed by atoms with Crippen molar-refractivity contribution in [3.63, 3.8) is 0 Å². The minimum absolute atomic E-state index is 0.0932. The first-order valence-electron chi connectivity index (χ1n) is 3.12. The molecule has 0 amide bonds. The largest absolute Gasteiger partial charge is 0.461 e. The number of hydrogen-bond acceptors (Lipinski definition) is 3. The van der Waals surface area contributed by atoms with Gasteiger partial charge >= 0.3 is 0 Å². The van der Waals surface area contributed by atoms with Gasteiger partial charge < -0.3 is 4.42 Å². The Balaban J connectivity index is 2.64. The molecular formula is C8H8O2S. The van der Waals surface area contributed by atoms with Crippen molar-refractivity contribution >= 4 is 17.5 Å². The molecule has 1 aromatic heterocycles. The highest BCUT2D eigenvalue weighted by Gasteiger charge is 2.02. The third-order valence-corrected chi connectivity index (χ3v) is 1.53. The zero-order valence-electron chi connectivity index (χ0n) is 6.11. The molecule has 0 aliphatic heterocycles. The Kier molecular flexibility index (Phi) is 2.98. The predicted molar refractivity (Wildman–Crippen MR) is 45.7 cm³/mol. The molecule has 1 rings (SSSR count). The monoisotopic (exact) mass is 168 g/mol. The molecule has 1 heterocycles. The Morgan fingerprint density at radius 3 is 3.09 bits per heavy atom. The fourth-order valence-corrected chi connectivity index (χ4v) is 0.890. The number of rotatable bonds is 3. The molecule has 2 nitrogen and oxygen atoms in total. The molecule has 3 heteroatoms. The van der Waals surface area contributed by atoms with E-state index < -0.39 is 0 Å². The minimum Gasteiger partial charge on any atom is -0.461 e. The molecule has 11 heavy (non-hydrogen) atoms. The van der Waals surface area contributed by atoms with Crippen molar-refractivity contribution in [3.8, 4) is 0 Å². The fourth-order valence-electron chi connectivity index (χ4n) is 0.631. The van der Waals surface area contributed by atoms with Gasteiger partial charge in [-0.05, 0) is 29.9 Å². The van der Waals surface area contributed by atoms with Gasteiger partial charge in [-0.2, -0.15) is 0 Å². The second-order valence-corrected chi connectivity index (χ2v) is 2.62. The summed E-state index contributed by atoms with van der Waals surface area (Å²) >= 11 is 1.48. The fraction of sp³-hybridized carbons (Fsp3) is 0.125. The molecule has 0 fully saturated rings. The topological polar surface area (TPSA) is 30.2 Å². The van der Waals surface area contributed by atoms with Gasteiger partial charge in [0.1, 0.15) is 0 Å². The molecule has 0 aliphatic carbocycles. The van der Waals surface area contributed by atoms with Gasteiger partial charge in [-0.3, -0.25) is 4.79 Å². The normalized spacial score (nSPS) is 10.6. The SMILES string of the molecule is CS/C=C/C(=O)c1ccco1. The van der Waals surface area contributed by atoms with Crippen molar-refractivity contribution in [3.05, 3.63) is 35.6 Å². The Morgan fingerprint density at radius 1 is 1.73 bits per heavy atom. The van der Waals surface area contributed by atoms with Crippen LogP contribution in [0.15, 0.2) is 34.3 Å². The molecule has 0 N–H and O–H groups in total. The Morgan fingerprint density at radius 2 is 2.55 bits per heavy atom. The summed E-state index contributed by atoms with van der Waals surface area (Å²) < 4.78 is 4.88. The molecule has 0 aromatic carbocycles. The van der Waals surface area contributed by atoms with Gasteiger partial charge in [0.25, 0.3) is 0 Å². The second kappa shape index (κ2) is 4.03. The average molecular weight is 168 g/mol. The summed E-state index contributed by atoms with van der Waals surface area (Å²) in [6.45, 7) is 0. The summed E-state index contributed by atoms with van der Waals surface area (Å²) in [4.78, 5) is 11.1. The van der Waals surface area contributed by atoms with Gasteiger partial charge in [-0.15, -0.1) is 11.8 Å². The molecule has 0 saturated carbocycles. The van der Waals surface area contributed by atoms with Gasteiger partial charge in [-0.25, -0.2) is 0 Å². The second-order valence-electron chi connectivity index (χ2n) is 1.88. The lowest BCUT2D eigenvalue weighted by Crippen LogP contribution is -1.89. The smallest absolute Gasteiger partial charge is 0.221 e. The molecule has 1 aromatic rings. The van der Waals surface area contributed by atoms with Crippen LogP contribution in [0.2, 0.25) is 0 Å². The molecular weight excluding hydrogens is 160 g/mol. The Hall–Kier alpha value is -0.960. The van der Waals surface area contributed by atoms with Gasteiger partial charge in [0.2, 0.25) is 5.78 Å². The van der Waals surface area contributed by atoms with Crippen LogP contribution in [0.3, 0.4) is 0 Å². The molecule has 0 bridgehead atoms. The quantitative estimate of drug-likeness (QED) is 0.512. The van der Waals surface area contributed by atoms with E-state index in [2.05, 4.69) is 0 Å². The summed E-state index contributed by atoms with van der Waals surface area (Å²) in [5.41, 5.74) is 0. The van der Waals surface area contributed by atoms with Crippen LogP contribution >= 0.6 is 11.8 Å². The van der Waals surface area contributed by atoms with E-state index in [-0.39, 0.29) is 5.78 Å². The number of thioether (sulfide) groups is 1. The number of furan rings is 1. The van der Waals surface area contributed by atoms with Crippen molar-refractivity contribution in [2.45, 2.75) is 0 Å². The third kappa shape index (κ3) is 2.27. The van der Waals surface area contributed by atoms with Gasteiger partial charge in [0.05, 0.1) is 6.26 Å². The Bertz CT molecular complexity index is 249. The lowest BCUT2D eigenvalue weighted by molar-refractivity contribution is 0.102. The standard InChI is InChI=1S/C8H8O2S/c1-11-6-4-7(9)8-3-2-5-10-8/h2-6H,1H3/b6-4+. The van der Waals surface area contributed by atoms with Crippen molar-refractivity contribution in [1.29, 1.82) is 0 Å². The number of carbonyl (C=O) groups excluding carboxylic acids is 1. The van der Waals surface area contributed by atoms with Crippen LogP contribution in [-0.4, -0.2) is 12.0 Å². The maximum Gasteiger partial charge on any atom is 0.221 e. The van der Waals surface area contributed by atoms with Crippen molar-refractivity contribution in [1.82, 2.24) is 0 Å². The van der Waals surface area contributed by atoms with Gasteiger partial charge in [-0.1, -0.05) is 0 Å². The molecule has 0 atom stereocenters. The zero-order chi connectivity index (χ0) is 8.10. The predicted octanol–water partition coefficient (Wildman–Crippen LogP) is 2.34. The van der Waals surface area contributed by atoms with Crippen LogP contribution in [0, 0.1) is 0 Å². The maximum atomic E-state index is 11.1. The average Bonchev–Trinajstić information content (AvgIpc) is 2.52. The van der Waals surface area contributed by atoms with Crippen LogP contribution in [0.5, 0.6) is 0 Å². The van der Waals surface area contributed by atoms with Crippen molar-refractivity contribution < 1.29 is 9.21 Å². The molecule has 0 aliphatic rings. The van der Waals surface area contributed by atoms with Crippen molar-refractivity contribution in [2.24, 2.45) is 0 Å². The van der Waals surface area contributed by atoms with E-state index in [0.717, 1.165) is 0 Å². The van der Waals surface area contributed by atoms with E-state index in [1.165, 1.54) is 24.1 Å². The van der Waals surface area contributed by atoms with Gasteiger partial charge in [0, 0.05) is 0 Å². The molecule has 0 unspecified atom stereocenters. The highest BCUT2D eigenvalue weighted by Crippen LogP contribution is 2.03. The summed E-state index contributed by atoms with van der Waals surface area (Å²) in [6, 6.07) is 3.34. The molecule has 0 saturated heterocycles. The minimum atomic E-state index is -0.0932. The summed E-state index contributed by atoms with van der Waals surface area (Å²) in [5, 5.41) is 1.73. The van der Waals surface area contributed by atoms with E-state index in [0.29, 0.717) is 5.76 Å². The molecule has 0 spiro atoms. The highest BCUT2D eigenvalue weighted by atomic mass is 32.2. The lowest BCUT2D eigenvalue weighted by atomic mass is 10.3. The van der Waals surface area contributed by atoms with E-state index in [9.17, 15) is 4.79 Å². The van der Waals surface area contributed by atoms with E-state index in [1.54, 1.807) is 17.5 Å². The third-order valence-electron chi connectivity index (χ3n) is 1.12.